The van der Waals surface area contributed by atoms with Crippen LogP contribution in [0.1, 0.15) is 140 Å². The highest BCUT2D eigenvalue weighted by Crippen LogP contribution is 2.65. The van der Waals surface area contributed by atoms with Crippen molar-refractivity contribution in [2.24, 2.45) is 5.92 Å². The smallest absolute Gasteiger partial charge is 0.220 e. The van der Waals surface area contributed by atoms with Gasteiger partial charge in [-0.2, -0.15) is 0 Å². The van der Waals surface area contributed by atoms with Gasteiger partial charge in [0.15, 0.2) is 11.5 Å². The van der Waals surface area contributed by atoms with Gasteiger partial charge in [0.2, 0.25) is 5.91 Å². The predicted octanol–water partition coefficient (Wildman–Crippen LogP) is 6.92. The van der Waals surface area contributed by atoms with Crippen LogP contribution in [0.3, 0.4) is 0 Å². The Morgan fingerprint density at radius 1 is 0.952 bits per heavy atom. The highest BCUT2D eigenvalue weighted by Gasteiger charge is 2.73. The van der Waals surface area contributed by atoms with Crippen molar-refractivity contribution in [2.75, 3.05) is 13.1 Å². The minimum atomic E-state index is -0.896. The topological polar surface area (TPSA) is 82.0 Å². The summed E-state index contributed by atoms with van der Waals surface area (Å²) in [5.74, 6) is 1.60. The number of phenolic OH excluding ortho intramolecular Hbond substituents is 1. The van der Waals surface area contributed by atoms with Gasteiger partial charge in [-0.3, -0.25) is 9.69 Å². The Morgan fingerprint density at radius 3 is 2.29 bits per heavy atom. The molecule has 1 aromatic carbocycles. The lowest BCUT2D eigenvalue weighted by Gasteiger charge is -2.64. The summed E-state index contributed by atoms with van der Waals surface area (Å²) in [4.78, 5) is 15.7. The van der Waals surface area contributed by atoms with E-state index in [9.17, 15) is 15.0 Å². The van der Waals surface area contributed by atoms with Crippen molar-refractivity contribution >= 4 is 5.91 Å². The number of likely N-dealkylation sites (tertiary alicyclic amines) is 1. The first-order valence-corrected chi connectivity index (χ1v) is 17.8. The molecule has 5 atom stereocenters. The number of phenols is 1. The summed E-state index contributed by atoms with van der Waals surface area (Å²) < 4.78 is 6.60. The molecule has 234 valence electrons. The molecule has 1 amide bonds. The van der Waals surface area contributed by atoms with E-state index in [0.29, 0.717) is 25.0 Å². The first-order valence-electron chi connectivity index (χ1n) is 17.8. The second kappa shape index (κ2) is 13.1. The zero-order chi connectivity index (χ0) is 29.2. The molecule has 0 aromatic heterocycles. The number of hydrogen-bond donors (Lipinski definition) is 3. The highest BCUT2D eigenvalue weighted by molar-refractivity contribution is 5.76. The van der Waals surface area contributed by atoms with E-state index in [-0.39, 0.29) is 29.8 Å². The summed E-state index contributed by atoms with van der Waals surface area (Å²) in [7, 11) is 0. The van der Waals surface area contributed by atoms with Crippen molar-refractivity contribution in [1.29, 1.82) is 0 Å². The molecule has 0 unspecified atom stereocenters. The number of ether oxygens (including phenoxy) is 1. The molecule has 2 bridgehead atoms. The molecule has 3 aliphatic carbocycles. The van der Waals surface area contributed by atoms with Crippen LogP contribution in [0, 0.1) is 5.92 Å². The Morgan fingerprint density at radius 2 is 1.62 bits per heavy atom. The molecule has 3 fully saturated rings. The zero-order valence-electron chi connectivity index (χ0n) is 26.2. The van der Waals surface area contributed by atoms with Gasteiger partial charge in [0.25, 0.3) is 0 Å². The molecule has 1 saturated heterocycles. The second-order valence-electron chi connectivity index (χ2n) is 14.5. The van der Waals surface area contributed by atoms with Crippen molar-refractivity contribution in [2.45, 2.75) is 165 Å². The second-order valence-corrected chi connectivity index (χ2v) is 14.5. The van der Waals surface area contributed by atoms with E-state index in [4.69, 9.17) is 4.74 Å². The molecule has 6 heteroatoms. The minimum Gasteiger partial charge on any atom is -0.504 e. The number of piperidine rings is 1. The normalized spacial score (nSPS) is 31.0. The van der Waals surface area contributed by atoms with Crippen LogP contribution in [0.25, 0.3) is 0 Å². The molecule has 1 spiro atoms. The monoisotopic (exact) mass is 580 g/mol. The third-order valence-electron chi connectivity index (χ3n) is 11.6. The SMILES string of the molecule is CCCCCCCCCCCCCCCC(=O)N[C@H]1CC[C@@]2(O)[C@H]3Cc4ccc(O)c5c4[C@@]2(CCN3CC2CC2)[C@H]1O5. The summed E-state index contributed by atoms with van der Waals surface area (Å²) in [6.45, 7) is 4.29. The quantitative estimate of drug-likeness (QED) is 0.174. The number of rotatable bonds is 17. The average Bonchev–Trinajstić information content (AvgIpc) is 3.72. The molecule has 6 rings (SSSR count). The lowest BCUT2D eigenvalue weighted by molar-refractivity contribution is -0.192. The molecule has 2 aliphatic heterocycles. The van der Waals surface area contributed by atoms with Gasteiger partial charge >= 0.3 is 0 Å². The molecule has 2 saturated carbocycles. The van der Waals surface area contributed by atoms with Crippen LogP contribution in [-0.4, -0.2) is 57.9 Å². The van der Waals surface area contributed by atoms with E-state index < -0.39 is 11.0 Å². The fourth-order valence-electron chi connectivity index (χ4n) is 9.21. The first kappa shape index (κ1) is 30.2. The summed E-state index contributed by atoms with van der Waals surface area (Å²) in [5, 5.41) is 26.7. The maximum atomic E-state index is 13.1. The van der Waals surface area contributed by atoms with Gasteiger partial charge in [-0.1, -0.05) is 90.0 Å². The number of nitrogens with zero attached hydrogens (tertiary/aromatic N) is 1. The first-order chi connectivity index (χ1) is 20.5. The van der Waals surface area contributed by atoms with Crippen molar-refractivity contribution in [3.8, 4) is 11.5 Å². The number of unbranched alkanes of at least 4 members (excludes halogenated alkanes) is 12. The Labute approximate surface area is 254 Å². The highest BCUT2D eigenvalue weighted by atomic mass is 16.5. The van der Waals surface area contributed by atoms with E-state index in [1.165, 1.54) is 89.0 Å². The van der Waals surface area contributed by atoms with Crippen molar-refractivity contribution < 1.29 is 19.7 Å². The van der Waals surface area contributed by atoms with Crippen LogP contribution in [0.4, 0.5) is 0 Å². The van der Waals surface area contributed by atoms with Crippen LogP contribution in [0.2, 0.25) is 0 Å². The fourth-order valence-corrected chi connectivity index (χ4v) is 9.21. The average molecular weight is 581 g/mol. The lowest BCUT2D eigenvalue weighted by atomic mass is 9.48. The number of aliphatic hydroxyl groups is 1. The van der Waals surface area contributed by atoms with Crippen LogP contribution in [-0.2, 0) is 16.6 Å². The molecule has 5 aliphatic rings. The maximum absolute atomic E-state index is 13.1. The van der Waals surface area contributed by atoms with E-state index in [1.54, 1.807) is 6.07 Å². The van der Waals surface area contributed by atoms with Crippen LogP contribution >= 0.6 is 0 Å². The van der Waals surface area contributed by atoms with Gasteiger partial charge in [-0.25, -0.2) is 0 Å². The van der Waals surface area contributed by atoms with Gasteiger partial charge < -0.3 is 20.3 Å². The largest absolute Gasteiger partial charge is 0.504 e. The molecular formula is C36H56N2O4. The van der Waals surface area contributed by atoms with E-state index in [1.807, 2.05) is 6.07 Å². The summed E-state index contributed by atoms with van der Waals surface area (Å²) >= 11 is 0. The molecule has 6 nitrogen and oxygen atoms in total. The number of carbonyl (C=O) groups is 1. The molecule has 2 heterocycles. The van der Waals surface area contributed by atoms with E-state index in [2.05, 4.69) is 17.1 Å². The third kappa shape index (κ3) is 5.72. The Balaban J connectivity index is 0.995. The summed E-state index contributed by atoms with van der Waals surface area (Å²) in [5.41, 5.74) is 0.783. The Kier molecular flexibility index (Phi) is 9.40. The number of nitrogens with one attached hydrogen (secondary N) is 1. The summed E-state index contributed by atoms with van der Waals surface area (Å²) in [6, 6.07) is 3.73. The number of carbonyl (C=O) groups excluding carboxylic acids is 1. The van der Waals surface area contributed by atoms with Gasteiger partial charge in [-0.15, -0.1) is 0 Å². The van der Waals surface area contributed by atoms with Crippen molar-refractivity contribution in [3.05, 3.63) is 23.3 Å². The van der Waals surface area contributed by atoms with Crippen molar-refractivity contribution in [1.82, 2.24) is 10.2 Å². The molecular weight excluding hydrogens is 524 g/mol. The third-order valence-corrected chi connectivity index (χ3v) is 11.6. The van der Waals surface area contributed by atoms with Crippen molar-refractivity contribution in [3.63, 3.8) is 0 Å². The predicted molar refractivity (Wildman–Crippen MR) is 167 cm³/mol. The van der Waals surface area contributed by atoms with Crippen LogP contribution < -0.4 is 10.1 Å². The number of aromatic hydroxyl groups is 1. The molecule has 42 heavy (non-hydrogen) atoms. The zero-order valence-corrected chi connectivity index (χ0v) is 26.2. The maximum Gasteiger partial charge on any atom is 0.220 e. The Bertz CT molecular complexity index is 1090. The standard InChI is InChI=1S/C36H56N2O4/c1-2-3-4-5-6-7-8-9-10-11-12-13-14-15-31(40)37-28-20-21-36(41)30-24-27-18-19-29(39)33-32(27)35(36,34(28)42-33)22-23-38(30)25-26-16-17-26/h18-19,26,28,30,34,39,41H,2-17,20-25H2,1H3,(H,37,40)/t28-,30+,34-,35-,36+/m0/s1. The van der Waals surface area contributed by atoms with Gasteiger partial charge in [-0.05, 0) is 69.0 Å². The van der Waals surface area contributed by atoms with E-state index >= 15 is 0 Å². The van der Waals surface area contributed by atoms with Gasteiger partial charge in [0, 0.05) is 24.6 Å². The van der Waals surface area contributed by atoms with Gasteiger partial charge in [0.05, 0.1) is 17.1 Å². The van der Waals surface area contributed by atoms with E-state index in [0.717, 1.165) is 50.3 Å². The molecule has 1 aromatic rings. The fraction of sp³-hybridized carbons (Fsp3) is 0.806. The molecule has 0 radical (unpaired) electrons. The number of benzene rings is 1. The molecule has 3 N–H and O–H groups in total. The number of amides is 1. The summed E-state index contributed by atoms with van der Waals surface area (Å²) in [6.07, 6.45) is 22.7. The number of hydrogen-bond acceptors (Lipinski definition) is 5. The Hall–Kier alpha value is -1.79. The minimum absolute atomic E-state index is 0.0726. The van der Waals surface area contributed by atoms with Crippen LogP contribution in [0.5, 0.6) is 11.5 Å². The van der Waals surface area contributed by atoms with Gasteiger partial charge in [0.1, 0.15) is 6.10 Å². The lowest BCUT2D eigenvalue weighted by Crippen LogP contribution is -2.78. The van der Waals surface area contributed by atoms with Crippen LogP contribution in [0.15, 0.2) is 12.1 Å².